The number of nitrogens with one attached hydrogen (secondary N) is 2. The van der Waals surface area contributed by atoms with Crippen molar-refractivity contribution in [1.82, 2.24) is 14.9 Å². The Bertz CT molecular complexity index is 1700. The minimum absolute atomic E-state index is 0.0703. The zero-order chi connectivity index (χ0) is 31.9. The van der Waals surface area contributed by atoms with Gasteiger partial charge < -0.3 is 20.8 Å². The molecule has 0 saturated heterocycles. The summed E-state index contributed by atoms with van der Waals surface area (Å²) in [4.78, 5) is 37.4. The molecule has 1 aliphatic rings. The molecule has 0 atom stereocenters. The van der Waals surface area contributed by atoms with Gasteiger partial charge in [-0.15, -0.1) is 0 Å². The van der Waals surface area contributed by atoms with Gasteiger partial charge in [0.1, 0.15) is 11.4 Å². The second-order valence-electron chi connectivity index (χ2n) is 11.0. The molecule has 4 N–H and O–H groups in total. The predicted octanol–water partition coefficient (Wildman–Crippen LogP) is 5.93. The molecule has 45 heavy (non-hydrogen) atoms. The number of hydrogen-bond donors (Lipinski definition) is 4. The van der Waals surface area contributed by atoms with Crippen LogP contribution in [0, 0.1) is 6.92 Å². The van der Waals surface area contributed by atoms with E-state index in [1.54, 1.807) is 54.7 Å². The first-order valence-corrected chi connectivity index (χ1v) is 15.6. The van der Waals surface area contributed by atoms with E-state index >= 15 is 0 Å². The molecule has 3 heterocycles. The lowest BCUT2D eigenvalue weighted by molar-refractivity contribution is 0.101. The van der Waals surface area contributed by atoms with Crippen molar-refractivity contribution >= 4 is 46.4 Å². The third-order valence-electron chi connectivity index (χ3n) is 7.85. The van der Waals surface area contributed by atoms with Gasteiger partial charge in [-0.3, -0.25) is 19.5 Å². The lowest BCUT2D eigenvalue weighted by Gasteiger charge is -2.28. The quantitative estimate of drug-likeness (QED) is 0.149. The van der Waals surface area contributed by atoms with Crippen molar-refractivity contribution in [3.05, 3.63) is 105 Å². The lowest BCUT2D eigenvalue weighted by atomic mass is 9.99. The summed E-state index contributed by atoms with van der Waals surface area (Å²) in [6.45, 7) is 4.17. The van der Waals surface area contributed by atoms with Crippen LogP contribution < -0.4 is 10.6 Å². The average molecular weight is 649 g/mol. The standard InChI is InChI=1S/C34H35Cl2N5O4/c1-21-18-29(38-30-20-41(15-17-43)14-13-23(21)30)34(45)40-27-10-5-8-25(32(27)36)24-7-4-9-26(31(24)35)39-33(44)28-12-11-22(19-37-28)6-2-3-16-42/h4-5,7-12,18-19,42-43H,2-3,6,13-17,20H2,1H3,(H,39,44)(H,40,45). The number of carbonyl (C=O) groups is 2. The van der Waals surface area contributed by atoms with Crippen LogP contribution in [0.1, 0.15) is 56.2 Å². The summed E-state index contributed by atoms with van der Waals surface area (Å²) in [7, 11) is 0. The number of aliphatic hydroxyl groups is 2. The van der Waals surface area contributed by atoms with Gasteiger partial charge in [0.2, 0.25) is 0 Å². The molecule has 1 aliphatic heterocycles. The van der Waals surface area contributed by atoms with Gasteiger partial charge >= 0.3 is 0 Å². The second kappa shape index (κ2) is 14.9. The number of benzene rings is 2. The van der Waals surface area contributed by atoms with Crippen molar-refractivity contribution in [2.45, 2.75) is 39.2 Å². The number of fused-ring (bicyclic) bond motifs is 1. The van der Waals surface area contributed by atoms with Crippen molar-refractivity contribution in [1.29, 1.82) is 0 Å². The van der Waals surface area contributed by atoms with Gasteiger partial charge in [-0.2, -0.15) is 0 Å². The van der Waals surface area contributed by atoms with Crippen LogP contribution in [-0.4, -0.2) is 63.2 Å². The Morgan fingerprint density at radius 1 is 0.889 bits per heavy atom. The van der Waals surface area contributed by atoms with Crippen LogP contribution >= 0.6 is 23.2 Å². The highest BCUT2D eigenvalue weighted by Gasteiger charge is 2.22. The van der Waals surface area contributed by atoms with Crippen molar-refractivity contribution in [3.63, 3.8) is 0 Å². The number of rotatable bonds is 11. The largest absolute Gasteiger partial charge is 0.396 e. The number of β-amino-alcohol motifs (C(OH)–C–C–N with tert-alkyl or cyclic N) is 1. The predicted molar refractivity (Wildman–Crippen MR) is 177 cm³/mol. The smallest absolute Gasteiger partial charge is 0.274 e. The third kappa shape index (κ3) is 7.69. The van der Waals surface area contributed by atoms with Gasteiger partial charge in [-0.05, 0) is 73.6 Å². The number of carbonyl (C=O) groups excluding carboxylic acids is 2. The molecular weight excluding hydrogens is 613 g/mol. The second-order valence-corrected chi connectivity index (χ2v) is 11.7. The summed E-state index contributed by atoms with van der Waals surface area (Å²) in [5.74, 6) is -0.798. The summed E-state index contributed by atoms with van der Waals surface area (Å²) in [6.07, 6.45) is 4.82. The number of anilines is 2. The van der Waals surface area contributed by atoms with E-state index in [1.165, 1.54) is 0 Å². The van der Waals surface area contributed by atoms with Crippen LogP contribution in [0.15, 0.2) is 60.8 Å². The first kappa shape index (κ1) is 32.5. The Morgan fingerprint density at radius 3 is 2.16 bits per heavy atom. The highest BCUT2D eigenvalue weighted by molar-refractivity contribution is 6.40. The van der Waals surface area contributed by atoms with E-state index in [9.17, 15) is 14.7 Å². The molecule has 234 valence electrons. The highest BCUT2D eigenvalue weighted by atomic mass is 35.5. The van der Waals surface area contributed by atoms with E-state index in [0.717, 1.165) is 48.2 Å². The number of aryl methyl sites for hydroxylation is 2. The molecule has 0 aliphatic carbocycles. The SMILES string of the molecule is Cc1cc(C(=O)Nc2cccc(-c3cccc(NC(=O)c4ccc(CCCCO)cn4)c3Cl)c2Cl)nc2c1CCN(CCO)C2. The number of unbranched alkanes of at least 4 members (excludes halogenated alkanes) is 1. The Balaban J connectivity index is 1.33. The fourth-order valence-corrected chi connectivity index (χ4v) is 5.99. The van der Waals surface area contributed by atoms with Crippen molar-refractivity contribution in [2.24, 2.45) is 0 Å². The number of hydrogen-bond acceptors (Lipinski definition) is 7. The maximum atomic E-state index is 13.3. The Hall–Kier alpha value is -3.86. The summed E-state index contributed by atoms with van der Waals surface area (Å²) >= 11 is 13.6. The fraction of sp³-hybridized carbons (Fsp3) is 0.294. The lowest BCUT2D eigenvalue weighted by Crippen LogP contribution is -2.34. The number of amides is 2. The van der Waals surface area contributed by atoms with E-state index in [4.69, 9.17) is 28.3 Å². The monoisotopic (exact) mass is 647 g/mol. The van der Waals surface area contributed by atoms with Gasteiger partial charge in [0, 0.05) is 43.6 Å². The Kier molecular flexibility index (Phi) is 10.8. The molecule has 11 heteroatoms. The molecule has 4 aromatic rings. The average Bonchev–Trinajstić information content (AvgIpc) is 3.03. The normalized spacial score (nSPS) is 12.9. The summed E-state index contributed by atoms with van der Waals surface area (Å²) in [6, 6.07) is 15.8. The third-order valence-corrected chi connectivity index (χ3v) is 8.66. The molecule has 0 saturated carbocycles. The summed E-state index contributed by atoms with van der Waals surface area (Å²) < 4.78 is 0. The molecule has 5 rings (SSSR count). The van der Waals surface area contributed by atoms with E-state index in [0.29, 0.717) is 47.0 Å². The molecule has 0 fully saturated rings. The first-order chi connectivity index (χ1) is 21.8. The van der Waals surface area contributed by atoms with Gasteiger partial charge in [0.15, 0.2) is 0 Å². The van der Waals surface area contributed by atoms with Crippen LogP contribution in [-0.2, 0) is 19.4 Å². The highest BCUT2D eigenvalue weighted by Crippen LogP contribution is 2.40. The van der Waals surface area contributed by atoms with Crippen LogP contribution in [0.3, 0.4) is 0 Å². The van der Waals surface area contributed by atoms with Gasteiger partial charge in [0.05, 0.1) is 33.7 Å². The Morgan fingerprint density at radius 2 is 1.56 bits per heavy atom. The fourth-order valence-electron chi connectivity index (χ4n) is 5.44. The zero-order valence-corrected chi connectivity index (χ0v) is 26.5. The Labute approximate surface area is 272 Å². The number of aliphatic hydroxyl groups excluding tert-OH is 2. The molecule has 0 bridgehead atoms. The molecule has 0 spiro atoms. The van der Waals surface area contributed by atoms with Crippen molar-refractivity contribution < 1.29 is 19.8 Å². The minimum Gasteiger partial charge on any atom is -0.396 e. The van der Waals surface area contributed by atoms with E-state index < -0.39 is 11.8 Å². The van der Waals surface area contributed by atoms with Crippen molar-refractivity contribution in [2.75, 3.05) is 36.9 Å². The topological polar surface area (TPSA) is 128 Å². The molecule has 9 nitrogen and oxygen atoms in total. The first-order valence-electron chi connectivity index (χ1n) is 14.9. The van der Waals surface area contributed by atoms with Crippen LogP contribution in [0.5, 0.6) is 0 Å². The molecule has 2 amide bonds. The van der Waals surface area contributed by atoms with Gasteiger partial charge in [0.25, 0.3) is 11.8 Å². The summed E-state index contributed by atoms with van der Waals surface area (Å²) in [5, 5.41) is 24.6. The number of aromatic nitrogens is 2. The van der Waals surface area contributed by atoms with Crippen molar-refractivity contribution in [3.8, 4) is 11.1 Å². The maximum absolute atomic E-state index is 13.3. The minimum atomic E-state index is -0.407. The molecule has 0 unspecified atom stereocenters. The van der Waals surface area contributed by atoms with E-state index in [-0.39, 0.29) is 29.6 Å². The molecule has 0 radical (unpaired) electrons. The molecule has 2 aromatic heterocycles. The number of halogens is 2. The summed E-state index contributed by atoms with van der Waals surface area (Å²) in [5.41, 5.74) is 6.45. The van der Waals surface area contributed by atoms with Gasteiger partial charge in [-0.25, -0.2) is 4.98 Å². The maximum Gasteiger partial charge on any atom is 0.274 e. The number of nitrogens with zero attached hydrogens (tertiary/aromatic N) is 3. The van der Waals surface area contributed by atoms with Crippen LogP contribution in [0.25, 0.3) is 11.1 Å². The van der Waals surface area contributed by atoms with E-state index in [1.807, 2.05) is 13.0 Å². The van der Waals surface area contributed by atoms with Crippen LogP contribution in [0.2, 0.25) is 10.0 Å². The van der Waals surface area contributed by atoms with Gasteiger partial charge in [-0.1, -0.05) is 53.5 Å². The molecular formula is C34H35Cl2N5O4. The zero-order valence-electron chi connectivity index (χ0n) is 24.9. The molecule has 2 aromatic carbocycles. The van der Waals surface area contributed by atoms with Crippen LogP contribution in [0.4, 0.5) is 11.4 Å². The number of pyridine rings is 2. The van der Waals surface area contributed by atoms with E-state index in [2.05, 4.69) is 25.5 Å².